The van der Waals surface area contributed by atoms with Gasteiger partial charge in [0.15, 0.2) is 0 Å². The van der Waals surface area contributed by atoms with Crippen molar-refractivity contribution < 1.29 is 5.11 Å². The van der Waals surface area contributed by atoms with E-state index < -0.39 is 0 Å². The second-order valence-corrected chi connectivity index (χ2v) is 6.22. The minimum atomic E-state index is -0.105. The first-order valence-corrected chi connectivity index (χ1v) is 6.52. The first-order chi connectivity index (χ1) is 7.42. The molecule has 0 aromatic carbocycles. The maximum Gasteiger partial charge on any atom is 0.0554 e. The van der Waals surface area contributed by atoms with Gasteiger partial charge in [-0.25, -0.2) is 0 Å². The summed E-state index contributed by atoms with van der Waals surface area (Å²) in [7, 11) is 0. The van der Waals surface area contributed by atoms with Crippen LogP contribution in [-0.2, 0) is 0 Å². The van der Waals surface area contributed by atoms with Crippen molar-refractivity contribution in [1.82, 2.24) is 0 Å². The van der Waals surface area contributed by atoms with Crippen LogP contribution in [0.3, 0.4) is 0 Å². The standard InChI is InChI=1S/C15H24O/c1-10(2)12-5-6-15(4)9-13(16)7-11(3)14(15)8-12/h5,8,10-11,13,16H,6-7,9H2,1-4H3/t11-,13+,15+/m1/s1. The van der Waals surface area contributed by atoms with E-state index in [1.165, 1.54) is 5.57 Å². The summed E-state index contributed by atoms with van der Waals surface area (Å²) in [4.78, 5) is 0. The lowest BCUT2D eigenvalue weighted by Crippen LogP contribution is -2.36. The lowest BCUT2D eigenvalue weighted by molar-refractivity contribution is 0.0694. The molecule has 0 unspecified atom stereocenters. The summed E-state index contributed by atoms with van der Waals surface area (Å²) in [5, 5.41) is 9.91. The van der Waals surface area contributed by atoms with E-state index in [2.05, 4.69) is 39.8 Å². The van der Waals surface area contributed by atoms with Crippen LogP contribution in [0.1, 0.15) is 47.0 Å². The van der Waals surface area contributed by atoms with Crippen LogP contribution in [0.2, 0.25) is 0 Å². The van der Waals surface area contributed by atoms with Gasteiger partial charge < -0.3 is 5.11 Å². The van der Waals surface area contributed by atoms with Crippen LogP contribution >= 0.6 is 0 Å². The molecular formula is C15H24O. The van der Waals surface area contributed by atoms with Gasteiger partial charge in [0.25, 0.3) is 0 Å². The Kier molecular flexibility index (Phi) is 3.00. The molecule has 0 amide bonds. The number of hydrogen-bond donors (Lipinski definition) is 1. The second kappa shape index (κ2) is 4.03. The zero-order valence-corrected chi connectivity index (χ0v) is 11.0. The summed E-state index contributed by atoms with van der Waals surface area (Å²) in [5.41, 5.74) is 3.27. The largest absolute Gasteiger partial charge is 0.393 e. The van der Waals surface area contributed by atoms with Crippen LogP contribution in [-0.4, -0.2) is 11.2 Å². The number of hydrogen-bond acceptors (Lipinski definition) is 1. The van der Waals surface area contributed by atoms with Gasteiger partial charge in [-0.15, -0.1) is 0 Å². The number of rotatable bonds is 1. The molecule has 1 heteroatoms. The van der Waals surface area contributed by atoms with Gasteiger partial charge in [0.2, 0.25) is 0 Å². The fourth-order valence-corrected chi connectivity index (χ4v) is 3.35. The van der Waals surface area contributed by atoms with Crippen LogP contribution in [0.15, 0.2) is 23.3 Å². The van der Waals surface area contributed by atoms with Gasteiger partial charge in [-0.05, 0) is 42.1 Å². The molecule has 0 spiro atoms. The summed E-state index contributed by atoms with van der Waals surface area (Å²) in [5.74, 6) is 1.16. The molecule has 90 valence electrons. The second-order valence-electron chi connectivity index (χ2n) is 6.22. The summed E-state index contributed by atoms with van der Waals surface area (Å²) >= 11 is 0. The predicted octanol–water partition coefficient (Wildman–Crippen LogP) is 3.70. The number of fused-ring (bicyclic) bond motifs is 1. The molecule has 0 saturated heterocycles. The van der Waals surface area contributed by atoms with Gasteiger partial charge >= 0.3 is 0 Å². The maximum atomic E-state index is 9.91. The first-order valence-electron chi connectivity index (χ1n) is 6.52. The molecule has 0 aromatic rings. The molecule has 0 heterocycles. The van der Waals surface area contributed by atoms with E-state index in [0.717, 1.165) is 19.3 Å². The highest BCUT2D eigenvalue weighted by molar-refractivity contribution is 5.36. The molecule has 2 aliphatic rings. The maximum absolute atomic E-state index is 9.91. The Balaban J connectivity index is 2.31. The molecule has 3 atom stereocenters. The van der Waals surface area contributed by atoms with Crippen LogP contribution < -0.4 is 0 Å². The van der Waals surface area contributed by atoms with Gasteiger partial charge in [-0.2, -0.15) is 0 Å². The van der Waals surface area contributed by atoms with Crippen molar-refractivity contribution in [3.63, 3.8) is 0 Å². The number of aliphatic hydroxyl groups excluding tert-OH is 1. The van der Waals surface area contributed by atoms with Crippen molar-refractivity contribution in [2.45, 2.75) is 53.1 Å². The molecule has 16 heavy (non-hydrogen) atoms. The Bertz CT molecular complexity index is 337. The minimum Gasteiger partial charge on any atom is -0.393 e. The van der Waals surface area contributed by atoms with E-state index in [4.69, 9.17) is 0 Å². The molecule has 0 aromatic heterocycles. The summed E-state index contributed by atoms with van der Waals surface area (Å²) in [6.45, 7) is 9.09. The zero-order chi connectivity index (χ0) is 11.9. The van der Waals surface area contributed by atoms with Crippen LogP contribution in [0, 0.1) is 17.3 Å². The minimum absolute atomic E-state index is 0.105. The van der Waals surface area contributed by atoms with Crippen LogP contribution in [0.4, 0.5) is 0 Å². The van der Waals surface area contributed by atoms with Crippen LogP contribution in [0.5, 0.6) is 0 Å². The van der Waals surface area contributed by atoms with Gasteiger partial charge in [-0.3, -0.25) is 0 Å². The van der Waals surface area contributed by atoms with E-state index in [9.17, 15) is 5.11 Å². The summed E-state index contributed by atoms with van der Waals surface area (Å²) < 4.78 is 0. The molecule has 1 fully saturated rings. The third-order valence-electron chi connectivity index (χ3n) is 4.32. The smallest absolute Gasteiger partial charge is 0.0554 e. The van der Waals surface area contributed by atoms with Crippen LogP contribution in [0.25, 0.3) is 0 Å². The molecule has 1 N–H and O–H groups in total. The topological polar surface area (TPSA) is 20.2 Å². The van der Waals surface area contributed by atoms with Crippen molar-refractivity contribution in [1.29, 1.82) is 0 Å². The third-order valence-corrected chi connectivity index (χ3v) is 4.32. The van der Waals surface area contributed by atoms with E-state index in [-0.39, 0.29) is 11.5 Å². The highest BCUT2D eigenvalue weighted by Gasteiger charge is 2.40. The SMILES string of the molecule is CC(C)C1=CC[C@@]2(C)C[C@@H](O)C[C@@H](C)C2=C1. The van der Waals surface area contributed by atoms with E-state index in [1.54, 1.807) is 5.57 Å². The lowest BCUT2D eigenvalue weighted by atomic mass is 9.62. The number of allylic oxidation sites excluding steroid dienone is 4. The zero-order valence-electron chi connectivity index (χ0n) is 11.0. The van der Waals surface area contributed by atoms with E-state index in [1.807, 2.05) is 0 Å². The van der Waals surface area contributed by atoms with Gasteiger partial charge in [-0.1, -0.05) is 45.4 Å². The quantitative estimate of drug-likeness (QED) is 0.714. The fraction of sp³-hybridized carbons (Fsp3) is 0.733. The molecular weight excluding hydrogens is 196 g/mol. The lowest BCUT2D eigenvalue weighted by Gasteiger charge is -2.44. The Hall–Kier alpha value is -0.560. The van der Waals surface area contributed by atoms with Gasteiger partial charge in [0, 0.05) is 0 Å². The average molecular weight is 220 g/mol. The third kappa shape index (κ3) is 1.98. The van der Waals surface area contributed by atoms with E-state index >= 15 is 0 Å². The van der Waals surface area contributed by atoms with Gasteiger partial charge in [0.1, 0.15) is 0 Å². The first kappa shape index (κ1) is 11.9. The van der Waals surface area contributed by atoms with Crippen molar-refractivity contribution in [2.75, 3.05) is 0 Å². The molecule has 0 aliphatic heterocycles. The normalized spacial score (nSPS) is 39.1. The molecule has 1 nitrogen and oxygen atoms in total. The highest BCUT2D eigenvalue weighted by Crippen LogP contribution is 2.49. The monoisotopic (exact) mass is 220 g/mol. The number of aliphatic hydroxyl groups is 1. The Morgan fingerprint density at radius 2 is 2.12 bits per heavy atom. The average Bonchev–Trinajstić information content (AvgIpc) is 2.15. The fourth-order valence-electron chi connectivity index (χ4n) is 3.35. The highest BCUT2D eigenvalue weighted by atomic mass is 16.3. The van der Waals surface area contributed by atoms with Crippen molar-refractivity contribution in [3.05, 3.63) is 23.3 Å². The van der Waals surface area contributed by atoms with E-state index in [0.29, 0.717) is 11.8 Å². The van der Waals surface area contributed by atoms with Crippen molar-refractivity contribution in [2.24, 2.45) is 17.3 Å². The Labute approximate surface area is 99.3 Å². The summed E-state index contributed by atoms with van der Waals surface area (Å²) in [6, 6.07) is 0. The van der Waals surface area contributed by atoms with Gasteiger partial charge in [0.05, 0.1) is 6.10 Å². The molecule has 0 bridgehead atoms. The Morgan fingerprint density at radius 1 is 1.44 bits per heavy atom. The molecule has 2 rings (SSSR count). The Morgan fingerprint density at radius 3 is 2.75 bits per heavy atom. The predicted molar refractivity (Wildman–Crippen MR) is 68.1 cm³/mol. The molecule has 0 radical (unpaired) electrons. The molecule has 2 aliphatic carbocycles. The molecule has 1 saturated carbocycles. The van der Waals surface area contributed by atoms with Crippen molar-refractivity contribution >= 4 is 0 Å². The summed E-state index contributed by atoms with van der Waals surface area (Å²) in [6.07, 6.45) is 7.65. The van der Waals surface area contributed by atoms with Crippen molar-refractivity contribution in [3.8, 4) is 0 Å².